The van der Waals surface area contributed by atoms with Gasteiger partial charge in [0.2, 0.25) is 11.9 Å². The normalized spacial score (nSPS) is 25.8. The van der Waals surface area contributed by atoms with Crippen LogP contribution in [0.15, 0.2) is 28.0 Å². The molecule has 4 heterocycles. The summed E-state index contributed by atoms with van der Waals surface area (Å²) < 4.78 is 31.3. The molecule has 2 saturated heterocycles. The standard InChI is InChI=1S/C22H33N5O4S2/c1-15-10-16(2)12-26(11-15)21-23-24-22(27(21)13-19-6-5-8-31-19)32-17(3)20(28)25(4)18-7-9-33(29,30)14-18/h5-6,8,15-18H,7,9-14H2,1-4H3. The topological polar surface area (TPSA) is 102 Å². The summed E-state index contributed by atoms with van der Waals surface area (Å²) in [6, 6.07) is 3.51. The third kappa shape index (κ3) is 5.56. The lowest BCUT2D eigenvalue weighted by Gasteiger charge is -2.35. The van der Waals surface area contributed by atoms with Crippen molar-refractivity contribution in [3.63, 3.8) is 0 Å². The number of carbonyl (C=O) groups is 1. The van der Waals surface area contributed by atoms with Crippen molar-refractivity contribution in [2.75, 3.05) is 36.5 Å². The number of anilines is 1. The Hall–Kier alpha value is -2.01. The SMILES string of the molecule is CC1CC(C)CN(c2nnc(SC(C)C(=O)N(C)C3CCS(=O)(=O)C3)n2Cc2ccco2)C1. The number of carbonyl (C=O) groups excluding carboxylic acids is 1. The van der Waals surface area contributed by atoms with Crippen LogP contribution in [0.25, 0.3) is 0 Å². The summed E-state index contributed by atoms with van der Waals surface area (Å²) in [4.78, 5) is 17.0. The van der Waals surface area contributed by atoms with Crippen LogP contribution in [0.1, 0.15) is 39.4 Å². The molecule has 0 saturated carbocycles. The van der Waals surface area contributed by atoms with E-state index in [1.165, 1.54) is 18.2 Å². The van der Waals surface area contributed by atoms with Gasteiger partial charge in [-0.15, -0.1) is 10.2 Å². The van der Waals surface area contributed by atoms with Crippen molar-refractivity contribution in [1.29, 1.82) is 0 Å². The lowest BCUT2D eigenvalue weighted by Crippen LogP contribution is -2.42. The van der Waals surface area contributed by atoms with E-state index >= 15 is 0 Å². The molecular weight excluding hydrogens is 462 g/mol. The van der Waals surface area contributed by atoms with Crippen LogP contribution in [0.2, 0.25) is 0 Å². The first-order chi connectivity index (χ1) is 15.6. The zero-order valence-corrected chi connectivity index (χ0v) is 21.3. The Morgan fingerprint density at radius 2 is 2.03 bits per heavy atom. The summed E-state index contributed by atoms with van der Waals surface area (Å²) >= 11 is 1.35. The second-order valence-electron chi connectivity index (χ2n) is 9.57. The minimum absolute atomic E-state index is 0.0385. The van der Waals surface area contributed by atoms with Gasteiger partial charge in [-0.3, -0.25) is 9.36 Å². The molecule has 0 aliphatic carbocycles. The summed E-state index contributed by atoms with van der Waals surface area (Å²) in [6.07, 6.45) is 3.33. The number of piperidine rings is 1. The van der Waals surface area contributed by atoms with E-state index in [0.717, 1.165) is 24.8 Å². The summed E-state index contributed by atoms with van der Waals surface area (Å²) in [5.41, 5.74) is 0. The predicted molar refractivity (Wildman–Crippen MR) is 128 cm³/mol. The van der Waals surface area contributed by atoms with Crippen LogP contribution in [-0.4, -0.2) is 76.9 Å². The molecule has 4 unspecified atom stereocenters. The predicted octanol–water partition coefficient (Wildman–Crippen LogP) is 2.53. The van der Waals surface area contributed by atoms with Gasteiger partial charge in [0.15, 0.2) is 15.0 Å². The Morgan fingerprint density at radius 1 is 1.30 bits per heavy atom. The van der Waals surface area contributed by atoms with E-state index in [1.54, 1.807) is 18.2 Å². The number of aromatic nitrogens is 3. The molecule has 9 nitrogen and oxygen atoms in total. The molecule has 2 aliphatic heterocycles. The molecule has 2 fully saturated rings. The monoisotopic (exact) mass is 495 g/mol. The average molecular weight is 496 g/mol. The molecule has 2 aromatic heterocycles. The van der Waals surface area contributed by atoms with Gasteiger partial charge in [0, 0.05) is 26.2 Å². The maximum absolute atomic E-state index is 13.1. The highest BCUT2D eigenvalue weighted by atomic mass is 32.2. The number of furan rings is 1. The molecule has 4 rings (SSSR count). The van der Waals surface area contributed by atoms with Crippen molar-refractivity contribution in [1.82, 2.24) is 19.7 Å². The smallest absolute Gasteiger partial charge is 0.235 e. The van der Waals surface area contributed by atoms with E-state index in [4.69, 9.17) is 4.42 Å². The van der Waals surface area contributed by atoms with Gasteiger partial charge in [-0.05, 0) is 43.7 Å². The van der Waals surface area contributed by atoms with Gasteiger partial charge in [0.1, 0.15) is 5.76 Å². The van der Waals surface area contributed by atoms with E-state index in [2.05, 4.69) is 28.9 Å². The second kappa shape index (κ2) is 9.69. The van der Waals surface area contributed by atoms with Crippen LogP contribution in [0.4, 0.5) is 5.95 Å². The molecule has 4 atom stereocenters. The quantitative estimate of drug-likeness (QED) is 0.540. The number of nitrogens with zero attached hydrogens (tertiary/aromatic N) is 5. The molecule has 33 heavy (non-hydrogen) atoms. The molecule has 0 N–H and O–H groups in total. The Labute approximate surface area is 199 Å². The molecule has 0 bridgehead atoms. The fourth-order valence-corrected chi connectivity index (χ4v) is 7.60. The molecule has 1 amide bonds. The van der Waals surface area contributed by atoms with Crippen molar-refractivity contribution < 1.29 is 17.6 Å². The molecule has 0 spiro atoms. The van der Waals surface area contributed by atoms with E-state index in [1.807, 2.05) is 23.6 Å². The maximum atomic E-state index is 13.1. The van der Waals surface area contributed by atoms with Gasteiger partial charge >= 0.3 is 0 Å². The average Bonchev–Trinajstić information content (AvgIpc) is 3.47. The molecule has 2 aromatic rings. The summed E-state index contributed by atoms with van der Waals surface area (Å²) in [5, 5.41) is 9.19. The van der Waals surface area contributed by atoms with Crippen LogP contribution in [-0.2, 0) is 21.2 Å². The lowest BCUT2D eigenvalue weighted by atomic mass is 9.92. The Kier molecular flexibility index (Phi) is 7.09. The van der Waals surface area contributed by atoms with Gasteiger partial charge in [-0.2, -0.15) is 0 Å². The Bertz CT molecular complexity index is 1060. The van der Waals surface area contributed by atoms with E-state index < -0.39 is 15.1 Å². The number of amides is 1. The van der Waals surface area contributed by atoms with Gasteiger partial charge in [0.05, 0.1) is 29.6 Å². The molecule has 0 radical (unpaired) electrons. The fourth-order valence-electron chi connectivity index (χ4n) is 4.88. The maximum Gasteiger partial charge on any atom is 0.235 e. The number of hydrogen-bond acceptors (Lipinski definition) is 8. The zero-order valence-electron chi connectivity index (χ0n) is 19.7. The third-order valence-corrected chi connectivity index (χ3v) is 9.30. The van der Waals surface area contributed by atoms with E-state index in [9.17, 15) is 13.2 Å². The highest BCUT2D eigenvalue weighted by molar-refractivity contribution is 8.00. The van der Waals surface area contributed by atoms with Crippen molar-refractivity contribution in [3.8, 4) is 0 Å². The summed E-state index contributed by atoms with van der Waals surface area (Å²) in [6.45, 7) is 8.66. The number of sulfone groups is 1. The lowest BCUT2D eigenvalue weighted by molar-refractivity contribution is -0.130. The fraction of sp³-hybridized carbons (Fsp3) is 0.682. The molecule has 0 aromatic carbocycles. The van der Waals surface area contributed by atoms with Crippen molar-refractivity contribution >= 4 is 33.5 Å². The Morgan fingerprint density at radius 3 is 2.64 bits per heavy atom. The van der Waals surface area contributed by atoms with Crippen LogP contribution in [0.5, 0.6) is 0 Å². The molecular formula is C22H33N5O4S2. The van der Waals surface area contributed by atoms with Crippen LogP contribution < -0.4 is 4.90 Å². The first-order valence-electron chi connectivity index (χ1n) is 11.5. The van der Waals surface area contributed by atoms with Gasteiger partial charge < -0.3 is 14.2 Å². The summed E-state index contributed by atoms with van der Waals surface area (Å²) in [7, 11) is -1.36. The van der Waals surface area contributed by atoms with Crippen LogP contribution in [0, 0.1) is 11.8 Å². The van der Waals surface area contributed by atoms with E-state index in [0.29, 0.717) is 30.0 Å². The van der Waals surface area contributed by atoms with E-state index in [-0.39, 0.29) is 23.5 Å². The highest BCUT2D eigenvalue weighted by Crippen LogP contribution is 2.31. The van der Waals surface area contributed by atoms with Gasteiger partial charge in [-0.25, -0.2) is 8.42 Å². The van der Waals surface area contributed by atoms with Gasteiger partial charge in [0.25, 0.3) is 0 Å². The molecule has 11 heteroatoms. The number of thioether (sulfide) groups is 1. The van der Waals surface area contributed by atoms with Crippen LogP contribution >= 0.6 is 11.8 Å². The Balaban J connectivity index is 1.54. The van der Waals surface area contributed by atoms with Gasteiger partial charge in [-0.1, -0.05) is 25.6 Å². The molecule has 182 valence electrons. The molecule has 2 aliphatic rings. The first-order valence-corrected chi connectivity index (χ1v) is 14.2. The zero-order chi connectivity index (χ0) is 23.8. The van der Waals surface area contributed by atoms with Crippen molar-refractivity contribution in [3.05, 3.63) is 24.2 Å². The van der Waals surface area contributed by atoms with Crippen molar-refractivity contribution in [2.24, 2.45) is 11.8 Å². The minimum Gasteiger partial charge on any atom is -0.467 e. The van der Waals surface area contributed by atoms with Crippen molar-refractivity contribution in [2.45, 2.75) is 56.6 Å². The van der Waals surface area contributed by atoms with Crippen LogP contribution in [0.3, 0.4) is 0 Å². The first kappa shape index (κ1) is 24.1. The highest BCUT2D eigenvalue weighted by Gasteiger charge is 2.35. The minimum atomic E-state index is -3.06. The number of rotatable bonds is 7. The third-order valence-electron chi connectivity index (χ3n) is 6.48. The largest absolute Gasteiger partial charge is 0.467 e. The summed E-state index contributed by atoms with van der Waals surface area (Å²) in [5.74, 6) is 2.80. The second-order valence-corrected chi connectivity index (χ2v) is 13.1. The number of hydrogen-bond donors (Lipinski definition) is 0.